The van der Waals surface area contributed by atoms with Crippen LogP contribution < -0.4 is 9.47 Å². The maximum absolute atomic E-state index is 12.1. The molecule has 0 radical (unpaired) electrons. The molecule has 0 aliphatic rings. The largest absolute Gasteiger partial charge is 0.494 e. The van der Waals surface area contributed by atoms with Gasteiger partial charge in [0.25, 0.3) is 0 Å². The Labute approximate surface area is 138 Å². The van der Waals surface area contributed by atoms with Gasteiger partial charge in [-0.3, -0.25) is 0 Å². The highest BCUT2D eigenvalue weighted by Crippen LogP contribution is 2.18. The normalized spacial score (nSPS) is 10.6. The Kier molecular flexibility index (Phi) is 6.21. The molecule has 0 aromatic heterocycles. The van der Waals surface area contributed by atoms with Gasteiger partial charge in [0, 0.05) is 0 Å². The smallest absolute Gasteiger partial charge is 0.343 e. The number of benzene rings is 2. The molecule has 3 heteroatoms. The van der Waals surface area contributed by atoms with Gasteiger partial charge in [-0.15, -0.1) is 0 Å². The van der Waals surface area contributed by atoms with E-state index in [2.05, 4.69) is 20.8 Å². The van der Waals surface area contributed by atoms with E-state index in [0.29, 0.717) is 23.8 Å². The van der Waals surface area contributed by atoms with Gasteiger partial charge in [0.15, 0.2) is 0 Å². The monoisotopic (exact) mass is 312 g/mol. The minimum atomic E-state index is -0.358. The van der Waals surface area contributed by atoms with E-state index in [9.17, 15) is 4.79 Å². The number of rotatable bonds is 7. The van der Waals surface area contributed by atoms with E-state index < -0.39 is 0 Å². The summed E-state index contributed by atoms with van der Waals surface area (Å²) in [6.45, 7) is 7.09. The van der Waals surface area contributed by atoms with Gasteiger partial charge in [0.1, 0.15) is 11.5 Å². The van der Waals surface area contributed by atoms with Crippen molar-refractivity contribution in [2.45, 2.75) is 33.6 Å². The molecule has 3 nitrogen and oxygen atoms in total. The third-order valence-electron chi connectivity index (χ3n) is 3.34. The first-order chi connectivity index (χ1) is 11.1. The number of hydrogen-bond acceptors (Lipinski definition) is 3. The standard InChI is InChI=1S/C20H24O3/c1-4-13-22-18-11-7-17(8-12-18)20(21)23-19-9-5-16(6-10-19)14-15(2)3/h5-12,15H,4,13-14H2,1-3H3. The predicted octanol–water partition coefficient (Wildman–Crippen LogP) is 4.89. The fraction of sp³-hybridized carbons (Fsp3) is 0.350. The van der Waals surface area contributed by atoms with Crippen molar-refractivity contribution in [1.29, 1.82) is 0 Å². The van der Waals surface area contributed by atoms with Crippen LogP contribution in [0.25, 0.3) is 0 Å². The molecular weight excluding hydrogens is 288 g/mol. The number of carbonyl (C=O) groups excluding carboxylic acids is 1. The Hall–Kier alpha value is -2.29. The summed E-state index contributed by atoms with van der Waals surface area (Å²) in [7, 11) is 0. The minimum Gasteiger partial charge on any atom is -0.494 e. The molecule has 2 aromatic rings. The molecule has 0 amide bonds. The van der Waals surface area contributed by atoms with Crippen LogP contribution in [0, 0.1) is 5.92 Å². The van der Waals surface area contributed by atoms with Crippen LogP contribution in [0.5, 0.6) is 11.5 Å². The summed E-state index contributed by atoms with van der Waals surface area (Å²) < 4.78 is 10.9. The Balaban J connectivity index is 1.95. The van der Waals surface area contributed by atoms with E-state index >= 15 is 0 Å². The van der Waals surface area contributed by atoms with Crippen molar-refractivity contribution in [3.05, 3.63) is 59.7 Å². The van der Waals surface area contributed by atoms with Crippen LogP contribution in [-0.4, -0.2) is 12.6 Å². The zero-order chi connectivity index (χ0) is 16.7. The Morgan fingerprint density at radius 1 is 0.957 bits per heavy atom. The van der Waals surface area contributed by atoms with Gasteiger partial charge in [-0.1, -0.05) is 32.9 Å². The van der Waals surface area contributed by atoms with Gasteiger partial charge < -0.3 is 9.47 Å². The molecule has 0 atom stereocenters. The highest BCUT2D eigenvalue weighted by atomic mass is 16.5. The molecular formula is C20H24O3. The summed E-state index contributed by atoms with van der Waals surface area (Å²) in [5, 5.41) is 0. The molecule has 0 unspecified atom stereocenters. The molecule has 0 fully saturated rings. The maximum Gasteiger partial charge on any atom is 0.343 e. The van der Waals surface area contributed by atoms with Crippen LogP contribution in [0.4, 0.5) is 0 Å². The van der Waals surface area contributed by atoms with Crippen molar-refractivity contribution in [1.82, 2.24) is 0 Å². The summed E-state index contributed by atoms with van der Waals surface area (Å²) in [6.07, 6.45) is 1.98. The molecule has 0 spiro atoms. The van der Waals surface area contributed by atoms with E-state index in [1.54, 1.807) is 24.3 Å². The summed E-state index contributed by atoms with van der Waals surface area (Å²) >= 11 is 0. The van der Waals surface area contributed by atoms with Crippen LogP contribution in [0.15, 0.2) is 48.5 Å². The second kappa shape index (κ2) is 8.37. The SMILES string of the molecule is CCCOc1ccc(C(=O)Oc2ccc(CC(C)C)cc2)cc1. The lowest BCUT2D eigenvalue weighted by molar-refractivity contribution is 0.0734. The summed E-state index contributed by atoms with van der Waals surface area (Å²) in [6, 6.07) is 14.7. The molecule has 0 bridgehead atoms. The first-order valence-electron chi connectivity index (χ1n) is 8.12. The zero-order valence-corrected chi connectivity index (χ0v) is 14.0. The molecule has 2 rings (SSSR count). The van der Waals surface area contributed by atoms with Crippen molar-refractivity contribution >= 4 is 5.97 Å². The second-order valence-corrected chi connectivity index (χ2v) is 6.00. The molecule has 0 heterocycles. The zero-order valence-electron chi connectivity index (χ0n) is 14.0. The van der Waals surface area contributed by atoms with Crippen LogP contribution in [0.3, 0.4) is 0 Å². The first-order valence-corrected chi connectivity index (χ1v) is 8.12. The first kappa shape index (κ1) is 17.1. The Morgan fingerprint density at radius 2 is 1.57 bits per heavy atom. The number of ether oxygens (including phenoxy) is 2. The lowest BCUT2D eigenvalue weighted by Gasteiger charge is -2.08. The number of carbonyl (C=O) groups is 1. The fourth-order valence-electron chi connectivity index (χ4n) is 2.24. The molecule has 0 saturated heterocycles. The average Bonchev–Trinajstić information content (AvgIpc) is 2.54. The number of hydrogen-bond donors (Lipinski definition) is 0. The highest BCUT2D eigenvalue weighted by Gasteiger charge is 2.09. The molecule has 0 saturated carbocycles. The van der Waals surface area contributed by atoms with Crippen molar-refractivity contribution in [3.8, 4) is 11.5 Å². The topological polar surface area (TPSA) is 35.5 Å². The van der Waals surface area contributed by atoms with E-state index in [1.165, 1.54) is 5.56 Å². The number of esters is 1. The second-order valence-electron chi connectivity index (χ2n) is 6.00. The van der Waals surface area contributed by atoms with Gasteiger partial charge >= 0.3 is 5.97 Å². The van der Waals surface area contributed by atoms with E-state index in [-0.39, 0.29) is 5.97 Å². The Bertz CT molecular complexity index is 612. The van der Waals surface area contributed by atoms with Crippen LogP contribution in [0.1, 0.15) is 43.1 Å². The van der Waals surface area contributed by atoms with Gasteiger partial charge in [-0.25, -0.2) is 4.79 Å². The fourth-order valence-corrected chi connectivity index (χ4v) is 2.24. The van der Waals surface area contributed by atoms with Crippen LogP contribution in [-0.2, 0) is 6.42 Å². The third-order valence-corrected chi connectivity index (χ3v) is 3.34. The molecule has 2 aromatic carbocycles. The molecule has 0 aliphatic carbocycles. The quantitative estimate of drug-likeness (QED) is 0.539. The van der Waals surface area contributed by atoms with E-state index in [4.69, 9.17) is 9.47 Å². The highest BCUT2D eigenvalue weighted by molar-refractivity contribution is 5.91. The lowest BCUT2D eigenvalue weighted by Crippen LogP contribution is -2.08. The maximum atomic E-state index is 12.1. The summed E-state index contributed by atoms with van der Waals surface area (Å²) in [4.78, 5) is 12.1. The van der Waals surface area contributed by atoms with Crippen LogP contribution in [0.2, 0.25) is 0 Å². The van der Waals surface area contributed by atoms with E-state index in [1.807, 2.05) is 24.3 Å². The van der Waals surface area contributed by atoms with Crippen molar-refractivity contribution in [2.24, 2.45) is 5.92 Å². The molecule has 122 valence electrons. The molecule has 0 N–H and O–H groups in total. The van der Waals surface area contributed by atoms with Gasteiger partial charge in [0.05, 0.1) is 12.2 Å². The van der Waals surface area contributed by atoms with Crippen molar-refractivity contribution in [2.75, 3.05) is 6.61 Å². The van der Waals surface area contributed by atoms with Gasteiger partial charge in [-0.05, 0) is 60.7 Å². The van der Waals surface area contributed by atoms with Crippen molar-refractivity contribution < 1.29 is 14.3 Å². The van der Waals surface area contributed by atoms with Gasteiger partial charge in [0.2, 0.25) is 0 Å². The summed E-state index contributed by atoms with van der Waals surface area (Å²) in [5.41, 5.74) is 1.76. The van der Waals surface area contributed by atoms with Crippen LogP contribution >= 0.6 is 0 Å². The molecule has 0 aliphatic heterocycles. The average molecular weight is 312 g/mol. The Morgan fingerprint density at radius 3 is 2.13 bits per heavy atom. The molecule has 23 heavy (non-hydrogen) atoms. The van der Waals surface area contributed by atoms with E-state index in [0.717, 1.165) is 18.6 Å². The third kappa shape index (κ3) is 5.44. The lowest BCUT2D eigenvalue weighted by atomic mass is 10.0. The summed E-state index contributed by atoms with van der Waals surface area (Å²) in [5.74, 6) is 1.58. The minimum absolute atomic E-state index is 0.358. The predicted molar refractivity (Wildman–Crippen MR) is 92.2 cm³/mol. The van der Waals surface area contributed by atoms with Crippen molar-refractivity contribution in [3.63, 3.8) is 0 Å². The van der Waals surface area contributed by atoms with Gasteiger partial charge in [-0.2, -0.15) is 0 Å².